The van der Waals surface area contributed by atoms with E-state index in [2.05, 4.69) is 10.1 Å². The third-order valence-corrected chi connectivity index (χ3v) is 1.11. The van der Waals surface area contributed by atoms with Gasteiger partial charge in [0.1, 0.15) is 0 Å². The molecule has 8 heteroatoms. The first-order valence-electron chi connectivity index (χ1n) is 2.83. The third-order valence-electron chi connectivity index (χ3n) is 1.11. The van der Waals surface area contributed by atoms with Crippen LogP contribution in [0, 0.1) is 23.4 Å². The lowest BCUT2D eigenvalue weighted by atomic mass is 10.4. The molecule has 1 heterocycles. The van der Waals surface area contributed by atoms with Crippen molar-refractivity contribution < 1.29 is 17.6 Å². The number of azide groups is 1. The topological polar surface area (TPSA) is 61.7 Å². The van der Waals surface area contributed by atoms with Gasteiger partial charge in [0, 0.05) is 4.91 Å². The Morgan fingerprint density at radius 1 is 1.08 bits per heavy atom. The Hall–Kier alpha value is -1.82. The van der Waals surface area contributed by atoms with Gasteiger partial charge in [0.25, 0.3) is 5.95 Å². The van der Waals surface area contributed by atoms with Gasteiger partial charge in [-0.15, -0.1) is 0 Å². The van der Waals surface area contributed by atoms with Gasteiger partial charge in [-0.2, -0.15) is 8.78 Å². The van der Waals surface area contributed by atoms with Gasteiger partial charge in [0.05, 0.1) is 0 Å². The van der Waals surface area contributed by atoms with Gasteiger partial charge in [-0.1, -0.05) is 0 Å². The third kappa shape index (κ3) is 1.52. The molecule has 0 aliphatic rings. The van der Waals surface area contributed by atoms with Gasteiger partial charge in [0.2, 0.25) is 11.6 Å². The molecule has 0 N–H and O–H groups in total. The standard InChI is InChI=1S/C5F4N4/c6-1-2(7)4(9)11-5(3(1)8)12-13-10. The van der Waals surface area contributed by atoms with E-state index in [1.54, 1.807) is 0 Å². The van der Waals surface area contributed by atoms with Gasteiger partial charge >= 0.3 is 0 Å². The molecular formula is C5F4N4. The molecule has 68 valence electrons. The van der Waals surface area contributed by atoms with Crippen LogP contribution < -0.4 is 0 Å². The Balaban J connectivity index is 3.49. The fraction of sp³-hybridized carbons (Fsp3) is 0. The van der Waals surface area contributed by atoms with E-state index < -0.39 is 29.2 Å². The second-order valence-electron chi connectivity index (χ2n) is 1.86. The highest BCUT2D eigenvalue weighted by atomic mass is 19.2. The minimum absolute atomic E-state index is 1.17. The molecule has 0 spiro atoms. The van der Waals surface area contributed by atoms with Crippen LogP contribution in [-0.2, 0) is 0 Å². The predicted octanol–water partition coefficient (Wildman–Crippen LogP) is 2.58. The van der Waals surface area contributed by atoms with Crippen LogP contribution in [-0.4, -0.2) is 4.98 Å². The number of hydrogen-bond donors (Lipinski definition) is 0. The normalized spacial score (nSPS) is 9.54. The van der Waals surface area contributed by atoms with Gasteiger partial charge in [-0.3, -0.25) is 0 Å². The fourth-order valence-corrected chi connectivity index (χ4v) is 0.585. The Labute approximate surface area is 68.4 Å². The number of rotatable bonds is 1. The average molecular weight is 192 g/mol. The van der Waals surface area contributed by atoms with E-state index in [0.717, 1.165) is 0 Å². The maximum atomic E-state index is 12.5. The molecule has 0 atom stereocenters. The summed E-state index contributed by atoms with van der Waals surface area (Å²) in [7, 11) is 0. The zero-order valence-corrected chi connectivity index (χ0v) is 5.80. The molecule has 0 bridgehead atoms. The summed E-state index contributed by atoms with van der Waals surface area (Å²) in [4.78, 5) is 4.59. The average Bonchev–Trinajstić information content (AvgIpc) is 2.11. The van der Waals surface area contributed by atoms with Crippen LogP contribution in [0.5, 0.6) is 0 Å². The second-order valence-corrected chi connectivity index (χ2v) is 1.86. The first kappa shape index (κ1) is 9.27. The maximum Gasteiger partial charge on any atom is 0.252 e. The molecule has 1 rings (SSSR count). The Morgan fingerprint density at radius 3 is 2.23 bits per heavy atom. The van der Waals surface area contributed by atoms with E-state index in [1.165, 1.54) is 0 Å². The molecule has 1 aromatic heterocycles. The Morgan fingerprint density at radius 2 is 1.69 bits per heavy atom. The number of halogens is 4. The van der Waals surface area contributed by atoms with E-state index >= 15 is 0 Å². The highest BCUT2D eigenvalue weighted by Crippen LogP contribution is 2.21. The summed E-state index contributed by atoms with van der Waals surface area (Å²) < 4.78 is 49.4. The largest absolute Gasteiger partial charge is 0.252 e. The first-order valence-corrected chi connectivity index (χ1v) is 2.83. The SMILES string of the molecule is [N-]=[N+]=Nc1nc(F)c(F)c(F)c1F. The number of nitrogens with zero attached hydrogens (tertiary/aromatic N) is 4. The number of pyridine rings is 1. The van der Waals surface area contributed by atoms with Crippen molar-refractivity contribution in [1.29, 1.82) is 0 Å². The zero-order chi connectivity index (χ0) is 10.0. The molecule has 1 aromatic rings. The quantitative estimate of drug-likeness (QED) is 0.222. The predicted molar refractivity (Wildman–Crippen MR) is 32.9 cm³/mol. The van der Waals surface area contributed by atoms with Crippen molar-refractivity contribution in [1.82, 2.24) is 4.98 Å². The molecule has 0 aliphatic carbocycles. The number of aromatic nitrogens is 1. The summed E-state index contributed by atoms with van der Waals surface area (Å²) in [6.07, 6.45) is 0. The summed E-state index contributed by atoms with van der Waals surface area (Å²) in [5.41, 5.74) is 7.81. The zero-order valence-electron chi connectivity index (χ0n) is 5.80. The van der Waals surface area contributed by atoms with Crippen LogP contribution in [0.1, 0.15) is 0 Å². The van der Waals surface area contributed by atoms with Crippen molar-refractivity contribution in [2.75, 3.05) is 0 Å². The molecular weight excluding hydrogens is 192 g/mol. The Kier molecular flexibility index (Phi) is 2.34. The molecule has 0 fully saturated rings. The molecule has 0 saturated carbocycles. The van der Waals surface area contributed by atoms with E-state index in [0.29, 0.717) is 0 Å². The molecule has 4 nitrogen and oxygen atoms in total. The van der Waals surface area contributed by atoms with E-state index in [4.69, 9.17) is 5.53 Å². The summed E-state index contributed by atoms with van der Waals surface area (Å²) in [6.45, 7) is 0. The van der Waals surface area contributed by atoms with Gasteiger partial charge in [0.15, 0.2) is 11.6 Å². The van der Waals surface area contributed by atoms with Crippen LogP contribution in [0.3, 0.4) is 0 Å². The molecule has 0 saturated heterocycles. The van der Waals surface area contributed by atoms with E-state index in [9.17, 15) is 17.6 Å². The van der Waals surface area contributed by atoms with Gasteiger partial charge < -0.3 is 0 Å². The van der Waals surface area contributed by atoms with Crippen molar-refractivity contribution in [2.45, 2.75) is 0 Å². The smallest absolute Gasteiger partial charge is 0.212 e. The molecule has 0 amide bonds. The van der Waals surface area contributed by atoms with Crippen molar-refractivity contribution in [3.8, 4) is 0 Å². The van der Waals surface area contributed by atoms with Crippen LogP contribution >= 0.6 is 0 Å². The molecule has 0 radical (unpaired) electrons. The van der Waals surface area contributed by atoms with Crippen LogP contribution in [0.4, 0.5) is 23.4 Å². The van der Waals surface area contributed by atoms with Crippen molar-refractivity contribution in [3.05, 3.63) is 33.8 Å². The number of hydrogen-bond acceptors (Lipinski definition) is 2. The van der Waals surface area contributed by atoms with Crippen molar-refractivity contribution in [3.63, 3.8) is 0 Å². The minimum Gasteiger partial charge on any atom is -0.212 e. The second kappa shape index (κ2) is 3.28. The van der Waals surface area contributed by atoms with Crippen LogP contribution in [0.15, 0.2) is 5.11 Å². The Bertz CT molecular complexity index is 398. The highest BCUT2D eigenvalue weighted by Gasteiger charge is 2.19. The van der Waals surface area contributed by atoms with Crippen molar-refractivity contribution >= 4 is 5.82 Å². The minimum atomic E-state index is -2.06. The van der Waals surface area contributed by atoms with Gasteiger partial charge in [-0.25, -0.2) is 13.8 Å². The lowest BCUT2D eigenvalue weighted by Crippen LogP contribution is -1.98. The highest BCUT2D eigenvalue weighted by molar-refractivity contribution is 5.29. The summed E-state index contributed by atoms with van der Waals surface area (Å²) in [6, 6.07) is 0. The molecule has 13 heavy (non-hydrogen) atoms. The van der Waals surface area contributed by atoms with E-state index in [-0.39, 0.29) is 0 Å². The van der Waals surface area contributed by atoms with Gasteiger partial charge in [-0.05, 0) is 10.6 Å². The molecule has 0 aromatic carbocycles. The lowest BCUT2D eigenvalue weighted by Gasteiger charge is -1.97. The lowest BCUT2D eigenvalue weighted by molar-refractivity contribution is 0.393. The summed E-state index contributed by atoms with van der Waals surface area (Å²) in [5, 5.41) is 2.52. The fourth-order valence-electron chi connectivity index (χ4n) is 0.585. The summed E-state index contributed by atoms with van der Waals surface area (Å²) in [5.74, 6) is -8.96. The summed E-state index contributed by atoms with van der Waals surface area (Å²) >= 11 is 0. The van der Waals surface area contributed by atoms with Crippen molar-refractivity contribution in [2.24, 2.45) is 5.11 Å². The van der Waals surface area contributed by atoms with Crippen LogP contribution in [0.25, 0.3) is 10.4 Å². The monoisotopic (exact) mass is 192 g/mol. The first-order chi connectivity index (χ1) is 6.07. The molecule has 0 aliphatic heterocycles. The van der Waals surface area contributed by atoms with Crippen LogP contribution in [0.2, 0.25) is 0 Å². The van der Waals surface area contributed by atoms with E-state index in [1.807, 2.05) is 4.91 Å². The maximum absolute atomic E-state index is 12.5. The molecule has 0 unspecified atom stereocenters.